The van der Waals surface area contributed by atoms with Crippen molar-refractivity contribution in [1.82, 2.24) is 5.32 Å². The molecule has 2 aromatic carbocycles. The number of hydrogen-bond acceptors (Lipinski definition) is 4. The van der Waals surface area contributed by atoms with Crippen LogP contribution in [0, 0.1) is 28.6 Å². The van der Waals surface area contributed by atoms with E-state index in [2.05, 4.69) is 22.8 Å². The predicted molar refractivity (Wildman–Crippen MR) is 110 cm³/mol. The third-order valence-electron chi connectivity index (χ3n) is 5.11. The van der Waals surface area contributed by atoms with Gasteiger partial charge in [-0.15, -0.1) is 0 Å². The minimum atomic E-state index is -0.301. The van der Waals surface area contributed by atoms with Gasteiger partial charge in [0.15, 0.2) is 0 Å². The number of hydrogen-bond donors (Lipinski definition) is 2. The zero-order valence-electron chi connectivity index (χ0n) is 16.2. The number of nitrogens with zero attached hydrogens (tertiary/aromatic N) is 2. The second-order valence-corrected chi connectivity index (χ2v) is 7.15. The quantitative estimate of drug-likeness (QED) is 0.759. The molecule has 0 spiro atoms. The Hall–Kier alpha value is -3.51. The first-order chi connectivity index (χ1) is 14.2. The Morgan fingerprint density at radius 2 is 1.83 bits per heavy atom. The number of anilines is 1. The van der Waals surface area contributed by atoms with E-state index in [4.69, 9.17) is 10.00 Å². The normalized spacial score (nSPS) is 18.1. The fourth-order valence-corrected chi connectivity index (χ4v) is 3.51. The second kappa shape index (κ2) is 10.1. The fourth-order valence-electron chi connectivity index (χ4n) is 3.51. The summed E-state index contributed by atoms with van der Waals surface area (Å²) >= 11 is 0. The molecule has 1 aliphatic rings. The maximum Gasteiger partial charge on any atom is 0.319 e. The average Bonchev–Trinajstić information content (AvgIpc) is 2.75. The number of carbonyl (C=O) groups excluding carboxylic acids is 1. The highest BCUT2D eigenvalue weighted by Gasteiger charge is 2.26. The lowest BCUT2D eigenvalue weighted by atomic mass is 9.85. The maximum atomic E-state index is 12.5. The van der Waals surface area contributed by atoms with Crippen LogP contribution in [0.5, 0.6) is 5.75 Å². The lowest BCUT2D eigenvalue weighted by Gasteiger charge is -2.27. The van der Waals surface area contributed by atoms with E-state index in [9.17, 15) is 10.1 Å². The van der Waals surface area contributed by atoms with Crippen molar-refractivity contribution in [3.05, 3.63) is 59.7 Å². The number of nitrogens with one attached hydrogen (secondary N) is 2. The molecule has 6 heteroatoms. The monoisotopic (exact) mass is 388 g/mol. The molecule has 2 atom stereocenters. The van der Waals surface area contributed by atoms with Crippen LogP contribution in [0.1, 0.15) is 36.8 Å². The molecule has 2 aromatic rings. The number of carbonyl (C=O) groups is 1. The van der Waals surface area contributed by atoms with Gasteiger partial charge in [-0.1, -0.05) is 43.2 Å². The smallest absolute Gasteiger partial charge is 0.319 e. The largest absolute Gasteiger partial charge is 0.489 e. The van der Waals surface area contributed by atoms with Gasteiger partial charge in [0.1, 0.15) is 12.4 Å². The van der Waals surface area contributed by atoms with E-state index in [-0.39, 0.29) is 18.0 Å². The average molecular weight is 388 g/mol. The SMILES string of the molecule is N#CCc1ccc(OCc2ccccc2NC(=O)NC2CCCCC2C#N)cc1. The Balaban J connectivity index is 1.59. The molecule has 2 amide bonds. The molecule has 0 aromatic heterocycles. The van der Waals surface area contributed by atoms with Gasteiger partial charge in [0.25, 0.3) is 0 Å². The molecule has 1 saturated carbocycles. The molecular formula is C23H24N4O2. The second-order valence-electron chi connectivity index (χ2n) is 7.15. The molecule has 29 heavy (non-hydrogen) atoms. The van der Waals surface area contributed by atoms with Crippen LogP contribution < -0.4 is 15.4 Å². The number of ether oxygens (including phenoxy) is 1. The van der Waals surface area contributed by atoms with Gasteiger partial charge >= 0.3 is 6.03 Å². The molecule has 2 unspecified atom stereocenters. The highest BCUT2D eigenvalue weighted by Crippen LogP contribution is 2.24. The molecule has 0 saturated heterocycles. The zero-order valence-corrected chi connectivity index (χ0v) is 16.2. The number of amides is 2. The Kier molecular flexibility index (Phi) is 7.08. The minimum Gasteiger partial charge on any atom is -0.489 e. The first-order valence-electron chi connectivity index (χ1n) is 9.83. The van der Waals surface area contributed by atoms with Crippen molar-refractivity contribution >= 4 is 11.7 Å². The van der Waals surface area contributed by atoms with Crippen LogP contribution >= 0.6 is 0 Å². The van der Waals surface area contributed by atoms with Crippen LogP contribution in [0.25, 0.3) is 0 Å². The summed E-state index contributed by atoms with van der Waals surface area (Å²) in [6.45, 7) is 0.304. The molecule has 6 nitrogen and oxygen atoms in total. The zero-order chi connectivity index (χ0) is 20.5. The highest BCUT2D eigenvalue weighted by molar-refractivity contribution is 5.90. The van der Waals surface area contributed by atoms with E-state index in [0.717, 1.165) is 36.8 Å². The Bertz CT molecular complexity index is 912. The van der Waals surface area contributed by atoms with Crippen LogP contribution in [-0.2, 0) is 13.0 Å². The molecular weight excluding hydrogens is 364 g/mol. The lowest BCUT2D eigenvalue weighted by molar-refractivity contribution is 0.238. The van der Waals surface area contributed by atoms with Crippen LogP contribution in [0.15, 0.2) is 48.5 Å². The Labute approximate surface area is 171 Å². The Morgan fingerprint density at radius 3 is 2.59 bits per heavy atom. The van der Waals surface area contributed by atoms with Gasteiger partial charge in [0, 0.05) is 17.3 Å². The van der Waals surface area contributed by atoms with Gasteiger partial charge in [-0.2, -0.15) is 10.5 Å². The number of urea groups is 1. The number of rotatable bonds is 6. The van der Waals surface area contributed by atoms with Gasteiger partial charge in [-0.05, 0) is 36.6 Å². The van der Waals surface area contributed by atoms with Gasteiger partial charge < -0.3 is 15.4 Å². The molecule has 148 valence electrons. The molecule has 3 rings (SSSR count). The molecule has 0 heterocycles. The predicted octanol–water partition coefficient (Wildman–Crippen LogP) is 4.54. The summed E-state index contributed by atoms with van der Waals surface area (Å²) in [5, 5.41) is 23.9. The molecule has 0 bridgehead atoms. The molecule has 0 radical (unpaired) electrons. The fraction of sp³-hybridized carbons (Fsp3) is 0.348. The first kappa shape index (κ1) is 20.2. The summed E-state index contributed by atoms with van der Waals surface area (Å²) in [5.41, 5.74) is 2.47. The topological polar surface area (TPSA) is 97.9 Å². The summed E-state index contributed by atoms with van der Waals surface area (Å²) in [7, 11) is 0. The van der Waals surface area contributed by atoms with E-state index in [1.165, 1.54) is 0 Å². The van der Waals surface area contributed by atoms with Gasteiger partial charge in [-0.25, -0.2) is 4.79 Å². The Morgan fingerprint density at radius 1 is 1.07 bits per heavy atom. The van der Waals surface area contributed by atoms with Crippen LogP contribution in [0.2, 0.25) is 0 Å². The third kappa shape index (κ3) is 5.73. The third-order valence-corrected chi connectivity index (χ3v) is 5.11. The van der Waals surface area contributed by atoms with E-state index >= 15 is 0 Å². The first-order valence-corrected chi connectivity index (χ1v) is 9.83. The van der Waals surface area contributed by atoms with Gasteiger partial charge in [-0.3, -0.25) is 0 Å². The standard InChI is InChI=1S/C23H24N4O2/c24-14-13-17-9-11-20(12-10-17)29-16-19-6-2-4-8-22(19)27-23(28)26-21-7-3-1-5-18(21)15-25/h2,4,6,8-12,18,21H,1,3,5,7,13,16H2,(H2,26,27,28). The van der Waals surface area contributed by atoms with Crippen molar-refractivity contribution < 1.29 is 9.53 Å². The summed E-state index contributed by atoms with van der Waals surface area (Å²) in [6, 6.07) is 18.9. The van der Waals surface area contributed by atoms with Crippen molar-refractivity contribution in [2.45, 2.75) is 44.8 Å². The highest BCUT2D eigenvalue weighted by atomic mass is 16.5. The summed E-state index contributed by atoms with van der Waals surface area (Å²) in [6.07, 6.45) is 4.10. The molecule has 1 aliphatic carbocycles. The van der Waals surface area contributed by atoms with Crippen LogP contribution in [0.3, 0.4) is 0 Å². The van der Waals surface area contributed by atoms with Crippen molar-refractivity contribution in [2.75, 3.05) is 5.32 Å². The van der Waals surface area contributed by atoms with Gasteiger partial charge in [0.05, 0.1) is 24.5 Å². The minimum absolute atomic E-state index is 0.107. The molecule has 2 N–H and O–H groups in total. The van der Waals surface area contributed by atoms with Crippen molar-refractivity contribution in [3.63, 3.8) is 0 Å². The number of para-hydroxylation sites is 1. The van der Waals surface area contributed by atoms with E-state index in [1.807, 2.05) is 48.5 Å². The van der Waals surface area contributed by atoms with Gasteiger partial charge in [0.2, 0.25) is 0 Å². The number of benzene rings is 2. The van der Waals surface area contributed by atoms with Crippen LogP contribution in [-0.4, -0.2) is 12.1 Å². The molecule has 1 fully saturated rings. The van der Waals surface area contributed by atoms with E-state index in [0.29, 0.717) is 24.5 Å². The van der Waals surface area contributed by atoms with Crippen molar-refractivity contribution in [1.29, 1.82) is 10.5 Å². The summed E-state index contributed by atoms with van der Waals surface area (Å²) in [4.78, 5) is 12.5. The summed E-state index contributed by atoms with van der Waals surface area (Å²) < 4.78 is 5.83. The number of nitriles is 2. The molecule has 0 aliphatic heterocycles. The van der Waals surface area contributed by atoms with Crippen molar-refractivity contribution in [3.8, 4) is 17.9 Å². The maximum absolute atomic E-state index is 12.5. The summed E-state index contributed by atoms with van der Waals surface area (Å²) in [5.74, 6) is 0.571. The van der Waals surface area contributed by atoms with E-state index < -0.39 is 0 Å². The van der Waals surface area contributed by atoms with Crippen molar-refractivity contribution in [2.24, 2.45) is 5.92 Å². The van der Waals surface area contributed by atoms with Crippen LogP contribution in [0.4, 0.5) is 10.5 Å². The lowest BCUT2D eigenvalue weighted by Crippen LogP contribution is -2.43. The van der Waals surface area contributed by atoms with E-state index in [1.54, 1.807) is 0 Å².